The molecule has 2 unspecified atom stereocenters. The number of hydrogen-bond donors (Lipinski definition) is 2. The zero-order valence-corrected chi connectivity index (χ0v) is 13.0. The highest BCUT2D eigenvalue weighted by molar-refractivity contribution is 5.80. The average Bonchev–Trinajstić information content (AvgIpc) is 2.44. The highest BCUT2D eigenvalue weighted by atomic mass is 16.4. The minimum Gasteiger partial charge on any atom is -0.481 e. The summed E-state index contributed by atoms with van der Waals surface area (Å²) in [5, 5.41) is 11.8. The number of hydrogen-bond acceptors (Lipinski definition) is 2. The molecule has 1 amide bonds. The predicted octanol–water partition coefficient (Wildman–Crippen LogP) is 3.21. The molecule has 1 aliphatic rings. The van der Waals surface area contributed by atoms with Gasteiger partial charge in [-0.15, -0.1) is 0 Å². The Kier molecular flexibility index (Phi) is 7.03. The molecule has 0 aromatic heterocycles. The first-order chi connectivity index (χ1) is 9.45. The fraction of sp³-hybridized carbons (Fsp3) is 0.875. The third-order valence-corrected chi connectivity index (χ3v) is 4.69. The minimum absolute atomic E-state index is 0.0412. The summed E-state index contributed by atoms with van der Waals surface area (Å²) in [5.41, 5.74) is 0. The van der Waals surface area contributed by atoms with E-state index in [-0.39, 0.29) is 17.9 Å². The Morgan fingerprint density at radius 2 is 1.80 bits per heavy atom. The predicted molar refractivity (Wildman–Crippen MR) is 79.4 cm³/mol. The number of aliphatic carboxylic acids is 1. The molecule has 0 saturated heterocycles. The molecule has 0 aromatic rings. The van der Waals surface area contributed by atoms with Gasteiger partial charge in [0, 0.05) is 12.0 Å². The molecule has 1 rings (SSSR count). The third kappa shape index (κ3) is 5.14. The summed E-state index contributed by atoms with van der Waals surface area (Å²) in [6.07, 6.45) is 8.00. The summed E-state index contributed by atoms with van der Waals surface area (Å²) >= 11 is 0. The van der Waals surface area contributed by atoms with Crippen LogP contribution in [0, 0.1) is 17.8 Å². The molecular weight excluding hydrogens is 254 g/mol. The first-order valence-corrected chi connectivity index (χ1v) is 7.98. The maximum absolute atomic E-state index is 12.2. The molecule has 0 aliphatic heterocycles. The van der Waals surface area contributed by atoms with Crippen LogP contribution in [0.4, 0.5) is 0 Å². The lowest BCUT2D eigenvalue weighted by Gasteiger charge is -2.29. The Bertz CT molecular complexity index is 322. The molecule has 4 heteroatoms. The molecule has 1 aliphatic carbocycles. The largest absolute Gasteiger partial charge is 0.481 e. The molecule has 2 atom stereocenters. The SMILES string of the molecule is CCCCC1CCC(C(=O)NC(C)C(C)C(=O)O)CC1. The van der Waals surface area contributed by atoms with Crippen LogP contribution in [0.5, 0.6) is 0 Å². The molecule has 4 nitrogen and oxygen atoms in total. The van der Waals surface area contributed by atoms with Crippen molar-refractivity contribution >= 4 is 11.9 Å². The maximum Gasteiger partial charge on any atom is 0.308 e. The Morgan fingerprint density at radius 3 is 2.30 bits per heavy atom. The van der Waals surface area contributed by atoms with Crippen LogP contribution in [0.3, 0.4) is 0 Å². The van der Waals surface area contributed by atoms with Gasteiger partial charge in [-0.25, -0.2) is 0 Å². The average molecular weight is 283 g/mol. The van der Waals surface area contributed by atoms with E-state index in [2.05, 4.69) is 12.2 Å². The Hall–Kier alpha value is -1.06. The van der Waals surface area contributed by atoms with Crippen molar-refractivity contribution in [1.82, 2.24) is 5.32 Å². The number of carbonyl (C=O) groups is 2. The highest BCUT2D eigenvalue weighted by Gasteiger charge is 2.28. The van der Waals surface area contributed by atoms with Crippen LogP contribution < -0.4 is 5.32 Å². The van der Waals surface area contributed by atoms with E-state index >= 15 is 0 Å². The van der Waals surface area contributed by atoms with E-state index in [1.165, 1.54) is 19.3 Å². The van der Waals surface area contributed by atoms with Gasteiger partial charge in [-0.05, 0) is 45.4 Å². The van der Waals surface area contributed by atoms with Gasteiger partial charge < -0.3 is 10.4 Å². The summed E-state index contributed by atoms with van der Waals surface area (Å²) in [5.74, 6) is -0.494. The maximum atomic E-state index is 12.2. The Morgan fingerprint density at radius 1 is 1.20 bits per heavy atom. The van der Waals surface area contributed by atoms with Crippen molar-refractivity contribution < 1.29 is 14.7 Å². The molecule has 1 saturated carbocycles. The van der Waals surface area contributed by atoms with Gasteiger partial charge in [0.15, 0.2) is 0 Å². The van der Waals surface area contributed by atoms with E-state index in [9.17, 15) is 9.59 Å². The number of unbranched alkanes of at least 4 members (excludes halogenated alkanes) is 1. The molecule has 1 fully saturated rings. The summed E-state index contributed by atoms with van der Waals surface area (Å²) in [6, 6.07) is -0.308. The summed E-state index contributed by atoms with van der Waals surface area (Å²) in [6.45, 7) is 5.61. The molecule has 0 spiro atoms. The molecule has 2 N–H and O–H groups in total. The van der Waals surface area contributed by atoms with Crippen molar-refractivity contribution in [2.75, 3.05) is 0 Å². The number of carboxylic acids is 1. The van der Waals surface area contributed by atoms with Gasteiger partial charge in [0.2, 0.25) is 5.91 Å². The normalized spacial score (nSPS) is 25.8. The molecular formula is C16H29NO3. The lowest BCUT2D eigenvalue weighted by molar-refractivity contribution is -0.142. The van der Waals surface area contributed by atoms with Crippen LogP contribution in [-0.2, 0) is 9.59 Å². The van der Waals surface area contributed by atoms with Crippen molar-refractivity contribution in [3.05, 3.63) is 0 Å². The fourth-order valence-electron chi connectivity index (χ4n) is 2.89. The van der Waals surface area contributed by atoms with Gasteiger partial charge >= 0.3 is 5.97 Å². The molecule has 0 radical (unpaired) electrons. The molecule has 20 heavy (non-hydrogen) atoms. The van der Waals surface area contributed by atoms with Crippen molar-refractivity contribution in [3.8, 4) is 0 Å². The standard InChI is InChI=1S/C16H29NO3/c1-4-5-6-13-7-9-14(10-8-13)15(18)17-12(3)11(2)16(19)20/h11-14H,4-10H2,1-3H3,(H,17,18)(H,19,20). The van der Waals surface area contributed by atoms with Gasteiger partial charge in [-0.2, -0.15) is 0 Å². The Labute approximate surface area is 122 Å². The smallest absolute Gasteiger partial charge is 0.308 e. The number of carboxylic acid groups (broad SMARTS) is 1. The lowest BCUT2D eigenvalue weighted by atomic mass is 9.79. The van der Waals surface area contributed by atoms with Crippen molar-refractivity contribution in [3.63, 3.8) is 0 Å². The third-order valence-electron chi connectivity index (χ3n) is 4.69. The summed E-state index contributed by atoms with van der Waals surface area (Å²) in [4.78, 5) is 23.0. The molecule has 0 heterocycles. The highest BCUT2D eigenvalue weighted by Crippen LogP contribution is 2.32. The van der Waals surface area contributed by atoms with E-state index in [1.54, 1.807) is 13.8 Å². The fourth-order valence-corrected chi connectivity index (χ4v) is 2.89. The first kappa shape index (κ1) is 17.0. The molecule has 116 valence electrons. The quantitative estimate of drug-likeness (QED) is 0.754. The van der Waals surface area contributed by atoms with E-state index in [0.717, 1.165) is 31.6 Å². The van der Waals surface area contributed by atoms with Crippen LogP contribution in [0.25, 0.3) is 0 Å². The second-order valence-corrected chi connectivity index (χ2v) is 6.28. The zero-order valence-electron chi connectivity index (χ0n) is 13.0. The molecule has 0 aromatic carbocycles. The second kappa shape index (κ2) is 8.28. The van der Waals surface area contributed by atoms with Gasteiger partial charge in [0.05, 0.1) is 5.92 Å². The Balaban J connectivity index is 2.34. The second-order valence-electron chi connectivity index (χ2n) is 6.28. The summed E-state index contributed by atoms with van der Waals surface area (Å²) in [7, 11) is 0. The van der Waals surface area contributed by atoms with Crippen LogP contribution >= 0.6 is 0 Å². The van der Waals surface area contributed by atoms with E-state index < -0.39 is 11.9 Å². The minimum atomic E-state index is -0.860. The van der Waals surface area contributed by atoms with Gasteiger partial charge in [-0.3, -0.25) is 9.59 Å². The number of rotatable bonds is 7. The zero-order chi connectivity index (χ0) is 15.1. The van der Waals surface area contributed by atoms with Crippen LogP contribution in [0.1, 0.15) is 65.7 Å². The van der Waals surface area contributed by atoms with Gasteiger partial charge in [-0.1, -0.05) is 26.2 Å². The van der Waals surface area contributed by atoms with Crippen molar-refractivity contribution in [2.24, 2.45) is 17.8 Å². The van der Waals surface area contributed by atoms with Gasteiger partial charge in [0.1, 0.15) is 0 Å². The lowest BCUT2D eigenvalue weighted by Crippen LogP contribution is -2.43. The van der Waals surface area contributed by atoms with E-state index in [1.807, 2.05) is 0 Å². The summed E-state index contributed by atoms with van der Waals surface area (Å²) < 4.78 is 0. The number of amides is 1. The van der Waals surface area contributed by atoms with Crippen LogP contribution in [-0.4, -0.2) is 23.0 Å². The van der Waals surface area contributed by atoms with E-state index in [0.29, 0.717) is 0 Å². The number of carbonyl (C=O) groups excluding carboxylic acids is 1. The first-order valence-electron chi connectivity index (χ1n) is 7.98. The van der Waals surface area contributed by atoms with Crippen LogP contribution in [0.2, 0.25) is 0 Å². The van der Waals surface area contributed by atoms with Crippen LogP contribution in [0.15, 0.2) is 0 Å². The van der Waals surface area contributed by atoms with E-state index in [4.69, 9.17) is 5.11 Å². The van der Waals surface area contributed by atoms with Crippen molar-refractivity contribution in [1.29, 1.82) is 0 Å². The number of nitrogens with one attached hydrogen (secondary N) is 1. The monoisotopic (exact) mass is 283 g/mol. The topological polar surface area (TPSA) is 66.4 Å². The molecule has 0 bridgehead atoms. The van der Waals surface area contributed by atoms with Crippen molar-refractivity contribution in [2.45, 2.75) is 71.8 Å². The van der Waals surface area contributed by atoms with Gasteiger partial charge in [0.25, 0.3) is 0 Å².